The number of Topliss-reactive ketones (excluding diaryl/α,β-unsaturated/α-hetero) is 1. The molecule has 2 heteroatoms. The fourth-order valence-electron chi connectivity index (χ4n) is 2.21. The van der Waals surface area contributed by atoms with Crippen LogP contribution in [0, 0.1) is 0 Å². The van der Waals surface area contributed by atoms with Gasteiger partial charge in [-0.1, -0.05) is 36.4 Å². The van der Waals surface area contributed by atoms with Crippen LogP contribution in [0.5, 0.6) is 0 Å². The summed E-state index contributed by atoms with van der Waals surface area (Å²) >= 11 is 0. The molecule has 1 heterocycles. The average molecular weight is 221 g/mol. The summed E-state index contributed by atoms with van der Waals surface area (Å²) in [6.45, 7) is 1.59. The van der Waals surface area contributed by atoms with Crippen molar-refractivity contribution in [1.82, 2.24) is 4.98 Å². The number of benzene rings is 2. The number of fused-ring (bicyclic) bond motifs is 3. The molecule has 3 aromatic rings. The number of hydrogen-bond acceptors (Lipinski definition) is 2. The van der Waals surface area contributed by atoms with Crippen LogP contribution >= 0.6 is 0 Å². The highest BCUT2D eigenvalue weighted by Gasteiger charge is 2.09. The number of ketones is 1. The van der Waals surface area contributed by atoms with E-state index in [1.165, 1.54) is 0 Å². The Morgan fingerprint density at radius 2 is 1.76 bits per heavy atom. The molecule has 0 amide bonds. The molecule has 17 heavy (non-hydrogen) atoms. The van der Waals surface area contributed by atoms with Crippen LogP contribution in [0.3, 0.4) is 0 Å². The zero-order valence-electron chi connectivity index (χ0n) is 9.47. The Bertz CT molecular complexity index is 731. The molecule has 0 saturated heterocycles. The fraction of sp³-hybridized carbons (Fsp3) is 0.0667. The molecule has 2 aromatic carbocycles. The van der Waals surface area contributed by atoms with Gasteiger partial charge >= 0.3 is 0 Å². The summed E-state index contributed by atoms with van der Waals surface area (Å²) in [5, 5.41) is 3.08. The van der Waals surface area contributed by atoms with E-state index in [2.05, 4.69) is 4.98 Å². The highest BCUT2D eigenvalue weighted by Crippen LogP contribution is 2.26. The van der Waals surface area contributed by atoms with Gasteiger partial charge in [-0.3, -0.25) is 9.78 Å². The van der Waals surface area contributed by atoms with Gasteiger partial charge in [0.05, 0.1) is 5.52 Å². The first-order valence-electron chi connectivity index (χ1n) is 5.55. The maximum atomic E-state index is 11.7. The summed E-state index contributed by atoms with van der Waals surface area (Å²) in [5.74, 6) is 0.0775. The Morgan fingerprint density at radius 3 is 2.59 bits per heavy atom. The molecule has 1 aromatic heterocycles. The fourth-order valence-corrected chi connectivity index (χ4v) is 2.21. The number of rotatable bonds is 1. The third-order valence-corrected chi connectivity index (χ3v) is 2.99. The van der Waals surface area contributed by atoms with Crippen molar-refractivity contribution in [3.05, 3.63) is 54.2 Å². The molecule has 0 radical (unpaired) electrons. The van der Waals surface area contributed by atoms with Crippen LogP contribution in [0.15, 0.2) is 48.7 Å². The van der Waals surface area contributed by atoms with Gasteiger partial charge in [0.2, 0.25) is 0 Å². The molecule has 2 nitrogen and oxygen atoms in total. The predicted molar refractivity (Wildman–Crippen MR) is 69.3 cm³/mol. The monoisotopic (exact) mass is 221 g/mol. The quantitative estimate of drug-likeness (QED) is 0.464. The molecule has 0 N–H and O–H groups in total. The normalized spacial score (nSPS) is 10.9. The van der Waals surface area contributed by atoms with E-state index in [9.17, 15) is 4.79 Å². The first-order chi connectivity index (χ1) is 8.27. The minimum absolute atomic E-state index is 0.0775. The van der Waals surface area contributed by atoms with Crippen LogP contribution in [0.4, 0.5) is 0 Å². The van der Waals surface area contributed by atoms with Crippen LogP contribution in [-0.4, -0.2) is 10.8 Å². The number of pyridine rings is 1. The second-order valence-corrected chi connectivity index (χ2v) is 4.10. The van der Waals surface area contributed by atoms with E-state index in [4.69, 9.17) is 0 Å². The number of carbonyl (C=O) groups is 1. The first-order valence-corrected chi connectivity index (χ1v) is 5.55. The van der Waals surface area contributed by atoms with E-state index >= 15 is 0 Å². The molecule has 0 saturated carbocycles. The predicted octanol–water partition coefficient (Wildman–Crippen LogP) is 3.59. The highest BCUT2D eigenvalue weighted by atomic mass is 16.1. The van der Waals surface area contributed by atoms with E-state index < -0.39 is 0 Å². The zero-order chi connectivity index (χ0) is 11.8. The SMILES string of the molecule is CC(=O)c1cccc2ccc3cccnc3c12. The van der Waals surface area contributed by atoms with E-state index in [1.54, 1.807) is 13.1 Å². The molecular formula is C15H11NO. The summed E-state index contributed by atoms with van der Waals surface area (Å²) in [5.41, 5.74) is 1.64. The van der Waals surface area contributed by atoms with E-state index in [-0.39, 0.29) is 5.78 Å². The maximum Gasteiger partial charge on any atom is 0.160 e. The smallest absolute Gasteiger partial charge is 0.160 e. The average Bonchev–Trinajstić information content (AvgIpc) is 2.37. The van der Waals surface area contributed by atoms with Gasteiger partial charge in [0.1, 0.15) is 0 Å². The molecule has 0 bridgehead atoms. The minimum Gasteiger partial charge on any atom is -0.294 e. The summed E-state index contributed by atoms with van der Waals surface area (Å²) in [4.78, 5) is 16.1. The van der Waals surface area contributed by atoms with Crippen LogP contribution in [0.1, 0.15) is 17.3 Å². The Labute approximate surface area is 98.9 Å². The van der Waals surface area contributed by atoms with Crippen molar-refractivity contribution in [2.75, 3.05) is 0 Å². The summed E-state index contributed by atoms with van der Waals surface area (Å²) in [6, 6.07) is 13.8. The second-order valence-electron chi connectivity index (χ2n) is 4.10. The van der Waals surface area contributed by atoms with Crippen LogP contribution in [-0.2, 0) is 0 Å². The molecule has 0 unspecified atom stereocenters. The van der Waals surface area contributed by atoms with E-state index in [0.29, 0.717) is 0 Å². The van der Waals surface area contributed by atoms with E-state index in [0.717, 1.165) is 27.2 Å². The highest BCUT2D eigenvalue weighted by molar-refractivity contribution is 6.16. The third kappa shape index (κ3) is 1.49. The van der Waals surface area contributed by atoms with Crippen molar-refractivity contribution >= 4 is 27.5 Å². The second kappa shape index (κ2) is 3.67. The van der Waals surface area contributed by atoms with Crippen molar-refractivity contribution in [2.24, 2.45) is 0 Å². The molecule has 0 atom stereocenters. The zero-order valence-corrected chi connectivity index (χ0v) is 9.47. The molecule has 0 aliphatic heterocycles. The van der Waals surface area contributed by atoms with Crippen molar-refractivity contribution in [3.63, 3.8) is 0 Å². The Balaban J connectivity index is 2.59. The molecule has 0 spiro atoms. The van der Waals surface area contributed by atoms with Gasteiger partial charge in [0.15, 0.2) is 5.78 Å². The Hall–Kier alpha value is -2.22. The minimum atomic E-state index is 0.0775. The van der Waals surface area contributed by atoms with Gasteiger partial charge in [-0.05, 0) is 18.4 Å². The lowest BCUT2D eigenvalue weighted by Gasteiger charge is -2.06. The summed E-state index contributed by atoms with van der Waals surface area (Å²) < 4.78 is 0. The van der Waals surface area contributed by atoms with Crippen LogP contribution in [0.25, 0.3) is 21.7 Å². The molecule has 82 valence electrons. The molecule has 0 aliphatic rings. The molecule has 0 aliphatic carbocycles. The molecule has 0 fully saturated rings. The maximum absolute atomic E-state index is 11.7. The Kier molecular flexibility index (Phi) is 2.15. The standard InChI is InChI=1S/C15H11NO/c1-10(17)13-6-2-4-11-7-8-12-5-3-9-16-15(12)14(11)13/h2-9H,1H3. The van der Waals surface area contributed by atoms with Gasteiger partial charge in [0, 0.05) is 22.5 Å². The van der Waals surface area contributed by atoms with E-state index in [1.807, 2.05) is 42.5 Å². The van der Waals surface area contributed by atoms with Gasteiger partial charge in [-0.15, -0.1) is 0 Å². The van der Waals surface area contributed by atoms with Crippen molar-refractivity contribution in [3.8, 4) is 0 Å². The van der Waals surface area contributed by atoms with Crippen LogP contribution < -0.4 is 0 Å². The lowest BCUT2D eigenvalue weighted by atomic mass is 9.99. The lowest BCUT2D eigenvalue weighted by Crippen LogP contribution is -1.94. The number of carbonyl (C=O) groups excluding carboxylic acids is 1. The van der Waals surface area contributed by atoms with Gasteiger partial charge in [0.25, 0.3) is 0 Å². The lowest BCUT2D eigenvalue weighted by molar-refractivity contribution is 0.101. The van der Waals surface area contributed by atoms with Crippen molar-refractivity contribution < 1.29 is 4.79 Å². The summed E-state index contributed by atoms with van der Waals surface area (Å²) in [7, 11) is 0. The summed E-state index contributed by atoms with van der Waals surface area (Å²) in [6.07, 6.45) is 1.76. The number of nitrogens with zero attached hydrogens (tertiary/aromatic N) is 1. The first kappa shape index (κ1) is 9.97. The topological polar surface area (TPSA) is 30.0 Å². The van der Waals surface area contributed by atoms with Crippen LogP contribution in [0.2, 0.25) is 0 Å². The number of hydrogen-bond donors (Lipinski definition) is 0. The van der Waals surface area contributed by atoms with Gasteiger partial charge in [-0.25, -0.2) is 0 Å². The van der Waals surface area contributed by atoms with Gasteiger partial charge < -0.3 is 0 Å². The largest absolute Gasteiger partial charge is 0.294 e. The van der Waals surface area contributed by atoms with Gasteiger partial charge in [-0.2, -0.15) is 0 Å². The van der Waals surface area contributed by atoms with Crippen molar-refractivity contribution in [2.45, 2.75) is 6.92 Å². The third-order valence-electron chi connectivity index (χ3n) is 2.99. The molecular weight excluding hydrogens is 210 g/mol. The van der Waals surface area contributed by atoms with Crippen molar-refractivity contribution in [1.29, 1.82) is 0 Å². The Morgan fingerprint density at radius 1 is 1.00 bits per heavy atom. The number of aromatic nitrogens is 1. The molecule has 3 rings (SSSR count).